The Bertz CT molecular complexity index is 690. The third kappa shape index (κ3) is 1.82. The number of hydrogen-bond donors (Lipinski definition) is 2. The van der Waals surface area contributed by atoms with Crippen molar-refractivity contribution in [3.8, 4) is 0 Å². The second-order valence-corrected chi connectivity index (χ2v) is 3.79. The van der Waals surface area contributed by atoms with Crippen LogP contribution < -0.4 is 5.32 Å². The minimum atomic E-state index is -0.272. The molecule has 0 radical (unpaired) electrons. The summed E-state index contributed by atoms with van der Waals surface area (Å²) in [5.74, 6) is 0.237. The number of benzene rings is 1. The number of para-hydroxylation sites is 1. The maximum Gasteiger partial charge on any atom is 0.277 e. The van der Waals surface area contributed by atoms with Gasteiger partial charge in [0.15, 0.2) is 5.69 Å². The fourth-order valence-corrected chi connectivity index (χ4v) is 1.75. The van der Waals surface area contributed by atoms with Crippen molar-refractivity contribution in [1.29, 1.82) is 0 Å². The van der Waals surface area contributed by atoms with Gasteiger partial charge in [-0.3, -0.25) is 9.89 Å². The van der Waals surface area contributed by atoms with Crippen molar-refractivity contribution in [3.05, 3.63) is 54.4 Å². The molecular formula is C13H10N4O. The molecule has 0 fully saturated rings. The fourth-order valence-electron chi connectivity index (χ4n) is 1.75. The van der Waals surface area contributed by atoms with E-state index in [9.17, 15) is 4.79 Å². The molecule has 0 atom stereocenters. The van der Waals surface area contributed by atoms with Crippen LogP contribution in [0.5, 0.6) is 0 Å². The highest BCUT2D eigenvalue weighted by atomic mass is 16.2. The number of nitrogens with one attached hydrogen (secondary N) is 2. The molecular weight excluding hydrogens is 228 g/mol. The first-order valence-electron chi connectivity index (χ1n) is 5.50. The van der Waals surface area contributed by atoms with Crippen LogP contribution in [0.3, 0.4) is 0 Å². The van der Waals surface area contributed by atoms with Gasteiger partial charge in [0.25, 0.3) is 5.91 Å². The molecule has 0 spiro atoms. The van der Waals surface area contributed by atoms with E-state index < -0.39 is 0 Å². The highest BCUT2D eigenvalue weighted by Gasteiger charge is 2.13. The number of anilines is 1. The Morgan fingerprint density at radius 3 is 2.78 bits per heavy atom. The van der Waals surface area contributed by atoms with Gasteiger partial charge in [-0.1, -0.05) is 24.3 Å². The maximum atomic E-state index is 12.1. The normalized spacial score (nSPS) is 10.4. The van der Waals surface area contributed by atoms with Crippen molar-refractivity contribution < 1.29 is 4.79 Å². The van der Waals surface area contributed by atoms with Gasteiger partial charge in [-0.2, -0.15) is 5.10 Å². The van der Waals surface area contributed by atoms with Gasteiger partial charge in [0, 0.05) is 11.6 Å². The zero-order valence-corrected chi connectivity index (χ0v) is 9.42. The maximum absolute atomic E-state index is 12.1. The Balaban J connectivity index is 1.93. The van der Waals surface area contributed by atoms with Crippen molar-refractivity contribution >= 4 is 22.6 Å². The summed E-state index contributed by atoms with van der Waals surface area (Å²) in [4.78, 5) is 16.1. The lowest BCUT2D eigenvalue weighted by Gasteiger charge is -2.01. The summed E-state index contributed by atoms with van der Waals surface area (Å²) in [5, 5.41) is 10.4. The second-order valence-electron chi connectivity index (χ2n) is 3.79. The van der Waals surface area contributed by atoms with Crippen LogP contribution in [0.1, 0.15) is 10.5 Å². The van der Waals surface area contributed by atoms with Crippen LogP contribution in [0.4, 0.5) is 5.82 Å². The molecule has 3 aromatic rings. The van der Waals surface area contributed by atoms with E-state index in [1.54, 1.807) is 18.3 Å². The summed E-state index contributed by atoms with van der Waals surface area (Å²) in [7, 11) is 0. The molecule has 2 N–H and O–H groups in total. The van der Waals surface area contributed by atoms with Crippen molar-refractivity contribution in [2.45, 2.75) is 0 Å². The smallest absolute Gasteiger partial charge is 0.277 e. The Morgan fingerprint density at radius 1 is 1.11 bits per heavy atom. The number of carbonyl (C=O) groups excluding carboxylic acids is 1. The van der Waals surface area contributed by atoms with Gasteiger partial charge in [-0.15, -0.1) is 0 Å². The third-order valence-electron chi connectivity index (χ3n) is 2.59. The van der Waals surface area contributed by atoms with Crippen molar-refractivity contribution in [2.24, 2.45) is 0 Å². The van der Waals surface area contributed by atoms with Gasteiger partial charge in [-0.25, -0.2) is 4.98 Å². The van der Waals surface area contributed by atoms with Gasteiger partial charge in [0.2, 0.25) is 0 Å². The molecule has 1 aromatic carbocycles. The first-order chi connectivity index (χ1) is 8.84. The molecule has 0 bridgehead atoms. The number of aromatic nitrogens is 3. The molecule has 1 amide bonds. The van der Waals surface area contributed by atoms with Crippen LogP contribution in [0.15, 0.2) is 48.7 Å². The topological polar surface area (TPSA) is 70.7 Å². The van der Waals surface area contributed by atoms with Gasteiger partial charge < -0.3 is 5.32 Å². The Kier molecular flexibility index (Phi) is 2.49. The number of pyridine rings is 1. The van der Waals surface area contributed by atoms with E-state index in [0.717, 1.165) is 10.9 Å². The van der Waals surface area contributed by atoms with E-state index in [4.69, 9.17) is 0 Å². The van der Waals surface area contributed by atoms with Gasteiger partial charge in [0.05, 0.1) is 5.52 Å². The number of carbonyl (C=O) groups is 1. The lowest BCUT2D eigenvalue weighted by Crippen LogP contribution is -2.13. The van der Waals surface area contributed by atoms with Crippen molar-refractivity contribution in [3.63, 3.8) is 0 Å². The quantitative estimate of drug-likeness (QED) is 0.719. The van der Waals surface area contributed by atoms with Gasteiger partial charge >= 0.3 is 0 Å². The molecule has 2 aromatic heterocycles. The van der Waals surface area contributed by atoms with Gasteiger partial charge in [-0.05, 0) is 18.2 Å². The van der Waals surface area contributed by atoms with Crippen molar-refractivity contribution in [1.82, 2.24) is 15.2 Å². The summed E-state index contributed by atoms with van der Waals surface area (Å²) in [6, 6.07) is 12.8. The van der Waals surface area contributed by atoms with Crippen LogP contribution >= 0.6 is 0 Å². The highest BCUT2D eigenvalue weighted by Crippen LogP contribution is 2.16. The van der Waals surface area contributed by atoms with E-state index >= 15 is 0 Å². The minimum Gasteiger partial charge on any atom is -0.305 e. The fraction of sp³-hybridized carbons (Fsp3) is 0. The molecule has 0 aliphatic heterocycles. The minimum absolute atomic E-state index is 0.272. The number of hydrogen-bond acceptors (Lipinski definition) is 3. The molecule has 0 saturated heterocycles. The highest BCUT2D eigenvalue weighted by molar-refractivity contribution is 6.10. The predicted molar refractivity (Wildman–Crippen MR) is 68.3 cm³/mol. The molecule has 18 heavy (non-hydrogen) atoms. The van der Waals surface area contributed by atoms with Crippen LogP contribution in [0.25, 0.3) is 10.9 Å². The molecule has 0 aliphatic carbocycles. The standard InChI is InChI=1S/C13H10N4O/c18-13(15-11-7-3-4-8-14-11)12-9-5-1-2-6-10(9)16-17-12/h1-8H,(H,16,17)(H,14,15,18). The largest absolute Gasteiger partial charge is 0.305 e. The summed E-state index contributed by atoms with van der Waals surface area (Å²) in [6.07, 6.45) is 1.62. The number of aromatic amines is 1. The number of nitrogens with zero attached hydrogens (tertiary/aromatic N) is 2. The predicted octanol–water partition coefficient (Wildman–Crippen LogP) is 2.21. The molecule has 2 heterocycles. The van der Waals surface area contributed by atoms with Gasteiger partial charge in [0.1, 0.15) is 5.82 Å². The zero-order valence-electron chi connectivity index (χ0n) is 9.42. The molecule has 3 rings (SSSR count). The summed E-state index contributed by atoms with van der Waals surface area (Å²) in [5.41, 5.74) is 1.21. The second kappa shape index (κ2) is 4.29. The number of fused-ring (bicyclic) bond motifs is 1. The van der Waals surface area contributed by atoms with Crippen LogP contribution in [-0.4, -0.2) is 21.1 Å². The number of rotatable bonds is 2. The Labute approximate surface area is 103 Å². The molecule has 88 valence electrons. The van der Waals surface area contributed by atoms with E-state index in [1.807, 2.05) is 30.3 Å². The first-order valence-corrected chi connectivity index (χ1v) is 5.50. The Morgan fingerprint density at radius 2 is 1.94 bits per heavy atom. The van der Waals surface area contributed by atoms with E-state index in [0.29, 0.717) is 11.5 Å². The average Bonchev–Trinajstić information content (AvgIpc) is 2.84. The molecule has 5 nitrogen and oxygen atoms in total. The van der Waals surface area contributed by atoms with Crippen LogP contribution in [0.2, 0.25) is 0 Å². The van der Waals surface area contributed by atoms with Crippen molar-refractivity contribution in [2.75, 3.05) is 5.32 Å². The molecule has 0 unspecified atom stereocenters. The first kappa shape index (κ1) is 10.5. The molecule has 5 heteroatoms. The van der Waals surface area contributed by atoms with E-state index in [2.05, 4.69) is 20.5 Å². The molecule has 0 saturated carbocycles. The number of H-pyrrole nitrogens is 1. The molecule has 0 aliphatic rings. The zero-order chi connectivity index (χ0) is 12.4. The number of amides is 1. The monoisotopic (exact) mass is 238 g/mol. The SMILES string of the molecule is O=C(Nc1ccccn1)c1n[nH]c2ccccc12. The lowest BCUT2D eigenvalue weighted by molar-refractivity contribution is 0.102. The van der Waals surface area contributed by atoms with Crippen LogP contribution in [0, 0.1) is 0 Å². The Hall–Kier alpha value is -2.69. The van der Waals surface area contributed by atoms with E-state index in [1.165, 1.54) is 0 Å². The van der Waals surface area contributed by atoms with Crippen LogP contribution in [-0.2, 0) is 0 Å². The average molecular weight is 238 g/mol. The third-order valence-corrected chi connectivity index (χ3v) is 2.59. The van der Waals surface area contributed by atoms with E-state index in [-0.39, 0.29) is 5.91 Å². The summed E-state index contributed by atoms with van der Waals surface area (Å²) in [6.45, 7) is 0. The summed E-state index contributed by atoms with van der Waals surface area (Å²) >= 11 is 0. The lowest BCUT2D eigenvalue weighted by atomic mass is 10.2. The summed E-state index contributed by atoms with van der Waals surface area (Å²) < 4.78 is 0.